The van der Waals surface area contributed by atoms with E-state index in [-0.39, 0.29) is 17.6 Å². The maximum Gasteiger partial charge on any atom is 0.221 e. The lowest BCUT2D eigenvalue weighted by Gasteiger charge is -2.31. The zero-order valence-corrected chi connectivity index (χ0v) is 9.73. The number of rotatable bonds is 3. The summed E-state index contributed by atoms with van der Waals surface area (Å²) in [4.78, 5) is 13.3. The molecule has 1 heterocycles. The molecule has 0 radical (unpaired) electrons. The summed E-state index contributed by atoms with van der Waals surface area (Å²) in [5.41, 5.74) is 6.39. The fourth-order valence-corrected chi connectivity index (χ4v) is 2.28. The van der Waals surface area contributed by atoms with Gasteiger partial charge in [-0.1, -0.05) is 12.1 Å². The van der Waals surface area contributed by atoms with Crippen LogP contribution in [0, 0.1) is 11.7 Å². The smallest absolute Gasteiger partial charge is 0.221 e. The molecule has 1 aromatic carbocycles. The molecule has 0 aliphatic carbocycles. The van der Waals surface area contributed by atoms with Gasteiger partial charge in [0.05, 0.1) is 5.92 Å². The molecule has 1 aliphatic heterocycles. The molecule has 1 saturated heterocycles. The van der Waals surface area contributed by atoms with Gasteiger partial charge in [-0.05, 0) is 37.1 Å². The van der Waals surface area contributed by atoms with Crippen LogP contribution in [-0.4, -0.2) is 23.9 Å². The Labute approximate surface area is 100 Å². The predicted octanol–water partition coefficient (Wildman–Crippen LogP) is 1.52. The third-order valence-electron chi connectivity index (χ3n) is 3.23. The lowest BCUT2D eigenvalue weighted by molar-refractivity contribution is -0.123. The summed E-state index contributed by atoms with van der Waals surface area (Å²) in [5, 5.41) is 0. The molecule has 0 unspecified atom stereocenters. The van der Waals surface area contributed by atoms with E-state index in [0.29, 0.717) is 6.54 Å². The SMILES string of the molecule is NC(=O)[C@@H]1CCCN(Cc2ccc(F)cc2)C1. The molecule has 1 amide bonds. The van der Waals surface area contributed by atoms with Crippen LogP contribution in [0.15, 0.2) is 24.3 Å². The van der Waals surface area contributed by atoms with Crippen molar-refractivity contribution in [3.8, 4) is 0 Å². The largest absolute Gasteiger partial charge is 0.369 e. The highest BCUT2D eigenvalue weighted by Crippen LogP contribution is 2.18. The number of carbonyl (C=O) groups excluding carboxylic acids is 1. The molecule has 3 nitrogen and oxygen atoms in total. The second-order valence-electron chi connectivity index (χ2n) is 4.60. The Balaban J connectivity index is 1.94. The summed E-state index contributed by atoms with van der Waals surface area (Å²) in [6.07, 6.45) is 1.88. The summed E-state index contributed by atoms with van der Waals surface area (Å²) < 4.78 is 12.8. The Morgan fingerprint density at radius 3 is 2.76 bits per heavy atom. The maximum atomic E-state index is 12.8. The van der Waals surface area contributed by atoms with Crippen molar-refractivity contribution in [1.29, 1.82) is 0 Å². The van der Waals surface area contributed by atoms with Gasteiger partial charge in [0.2, 0.25) is 5.91 Å². The summed E-state index contributed by atoms with van der Waals surface area (Å²) in [7, 11) is 0. The van der Waals surface area contributed by atoms with E-state index in [2.05, 4.69) is 4.90 Å². The van der Waals surface area contributed by atoms with E-state index >= 15 is 0 Å². The zero-order valence-electron chi connectivity index (χ0n) is 9.73. The lowest BCUT2D eigenvalue weighted by Crippen LogP contribution is -2.40. The van der Waals surface area contributed by atoms with E-state index in [1.54, 1.807) is 12.1 Å². The minimum absolute atomic E-state index is 0.0378. The van der Waals surface area contributed by atoms with Crippen LogP contribution >= 0.6 is 0 Å². The monoisotopic (exact) mass is 236 g/mol. The van der Waals surface area contributed by atoms with Crippen molar-refractivity contribution in [1.82, 2.24) is 4.90 Å². The Morgan fingerprint density at radius 1 is 1.41 bits per heavy atom. The number of hydrogen-bond donors (Lipinski definition) is 1. The molecule has 1 aromatic rings. The molecule has 0 spiro atoms. The summed E-state index contributed by atoms with van der Waals surface area (Å²) >= 11 is 0. The topological polar surface area (TPSA) is 46.3 Å². The molecular formula is C13H17FN2O. The average Bonchev–Trinajstić information content (AvgIpc) is 2.32. The number of hydrogen-bond acceptors (Lipinski definition) is 2. The normalized spacial score (nSPS) is 21.4. The fraction of sp³-hybridized carbons (Fsp3) is 0.462. The van der Waals surface area contributed by atoms with Gasteiger partial charge in [-0.15, -0.1) is 0 Å². The molecule has 1 fully saturated rings. The van der Waals surface area contributed by atoms with Gasteiger partial charge in [-0.2, -0.15) is 0 Å². The highest BCUT2D eigenvalue weighted by atomic mass is 19.1. The van der Waals surface area contributed by atoms with E-state index in [4.69, 9.17) is 5.73 Å². The van der Waals surface area contributed by atoms with Crippen molar-refractivity contribution in [3.05, 3.63) is 35.6 Å². The first kappa shape index (κ1) is 12.0. The number of amides is 1. The van der Waals surface area contributed by atoms with Gasteiger partial charge in [0.1, 0.15) is 5.82 Å². The fourth-order valence-electron chi connectivity index (χ4n) is 2.28. The number of carbonyl (C=O) groups is 1. The third-order valence-corrected chi connectivity index (χ3v) is 3.23. The first-order valence-corrected chi connectivity index (χ1v) is 5.91. The lowest BCUT2D eigenvalue weighted by atomic mass is 9.97. The van der Waals surface area contributed by atoms with Crippen LogP contribution in [0.4, 0.5) is 4.39 Å². The van der Waals surface area contributed by atoms with Gasteiger partial charge >= 0.3 is 0 Å². The van der Waals surface area contributed by atoms with E-state index in [0.717, 1.165) is 31.5 Å². The number of likely N-dealkylation sites (tertiary alicyclic amines) is 1. The van der Waals surface area contributed by atoms with Crippen molar-refractivity contribution in [2.45, 2.75) is 19.4 Å². The van der Waals surface area contributed by atoms with Crippen molar-refractivity contribution in [3.63, 3.8) is 0 Å². The van der Waals surface area contributed by atoms with Gasteiger partial charge < -0.3 is 5.73 Å². The van der Waals surface area contributed by atoms with Crippen LogP contribution in [0.5, 0.6) is 0 Å². The number of benzene rings is 1. The zero-order chi connectivity index (χ0) is 12.3. The molecule has 1 atom stereocenters. The maximum absolute atomic E-state index is 12.8. The predicted molar refractivity (Wildman–Crippen MR) is 63.6 cm³/mol. The Hall–Kier alpha value is -1.42. The van der Waals surface area contributed by atoms with Crippen LogP contribution in [0.3, 0.4) is 0 Å². The molecule has 92 valence electrons. The van der Waals surface area contributed by atoms with Crippen molar-refractivity contribution >= 4 is 5.91 Å². The summed E-state index contributed by atoms with van der Waals surface area (Å²) in [5.74, 6) is -0.472. The average molecular weight is 236 g/mol. The number of piperidine rings is 1. The molecule has 17 heavy (non-hydrogen) atoms. The number of primary amides is 1. The second kappa shape index (κ2) is 5.27. The van der Waals surface area contributed by atoms with Crippen molar-refractivity contribution in [2.75, 3.05) is 13.1 Å². The molecule has 1 aliphatic rings. The van der Waals surface area contributed by atoms with E-state index in [1.807, 2.05) is 0 Å². The quantitative estimate of drug-likeness (QED) is 0.865. The van der Waals surface area contributed by atoms with Crippen LogP contribution in [0.2, 0.25) is 0 Å². The van der Waals surface area contributed by atoms with Crippen LogP contribution in [0.1, 0.15) is 18.4 Å². The Morgan fingerprint density at radius 2 is 2.12 bits per heavy atom. The molecule has 2 rings (SSSR count). The molecular weight excluding hydrogens is 219 g/mol. The molecule has 0 saturated carbocycles. The molecule has 4 heteroatoms. The minimum Gasteiger partial charge on any atom is -0.369 e. The molecule has 0 aromatic heterocycles. The molecule has 2 N–H and O–H groups in total. The van der Waals surface area contributed by atoms with Gasteiger partial charge in [0, 0.05) is 13.1 Å². The number of nitrogens with two attached hydrogens (primary N) is 1. The van der Waals surface area contributed by atoms with E-state index < -0.39 is 0 Å². The number of nitrogens with zero attached hydrogens (tertiary/aromatic N) is 1. The van der Waals surface area contributed by atoms with Crippen LogP contribution in [-0.2, 0) is 11.3 Å². The third kappa shape index (κ3) is 3.27. The first-order valence-electron chi connectivity index (χ1n) is 5.91. The van der Waals surface area contributed by atoms with Crippen molar-refractivity contribution in [2.24, 2.45) is 11.7 Å². The first-order chi connectivity index (χ1) is 8.15. The Bertz CT molecular complexity index is 391. The minimum atomic E-state index is -0.220. The highest BCUT2D eigenvalue weighted by molar-refractivity contribution is 5.76. The van der Waals surface area contributed by atoms with Crippen molar-refractivity contribution < 1.29 is 9.18 Å². The highest BCUT2D eigenvalue weighted by Gasteiger charge is 2.23. The van der Waals surface area contributed by atoms with E-state index in [1.165, 1.54) is 12.1 Å². The summed E-state index contributed by atoms with van der Waals surface area (Å²) in [6, 6.07) is 6.49. The molecule has 0 bridgehead atoms. The number of halogens is 1. The van der Waals surface area contributed by atoms with Gasteiger partial charge in [0.25, 0.3) is 0 Å². The van der Waals surface area contributed by atoms with Gasteiger partial charge in [0.15, 0.2) is 0 Å². The van der Waals surface area contributed by atoms with Crippen LogP contribution in [0.25, 0.3) is 0 Å². The van der Waals surface area contributed by atoms with Gasteiger partial charge in [-0.25, -0.2) is 4.39 Å². The standard InChI is InChI=1S/C13H17FN2O/c14-12-5-3-10(4-6-12)8-16-7-1-2-11(9-16)13(15)17/h3-6,11H,1-2,7-9H2,(H2,15,17)/t11-/m1/s1. The van der Waals surface area contributed by atoms with Crippen LogP contribution < -0.4 is 5.73 Å². The second-order valence-corrected chi connectivity index (χ2v) is 4.60. The Kier molecular flexibility index (Phi) is 3.74. The summed E-state index contributed by atoms with van der Waals surface area (Å²) in [6.45, 7) is 2.44. The van der Waals surface area contributed by atoms with Gasteiger partial charge in [-0.3, -0.25) is 9.69 Å². The van der Waals surface area contributed by atoms with E-state index in [9.17, 15) is 9.18 Å².